The molecule has 0 aromatic carbocycles. The van der Waals surface area contributed by atoms with E-state index < -0.39 is 10.0 Å². The van der Waals surface area contributed by atoms with Crippen LogP contribution in [0.15, 0.2) is 0 Å². The fraction of sp³-hybridized carbons (Fsp3) is 0.833. The molecule has 0 N–H and O–H groups in total. The second-order valence-electron chi connectivity index (χ2n) is 2.80. The number of Topliss-reactive ketones (excluding diaryl/α,β-unsaturated/α-hetero) is 1. The van der Waals surface area contributed by atoms with Gasteiger partial charge in [-0.1, -0.05) is 15.9 Å². The third-order valence-electron chi connectivity index (χ3n) is 1.79. The Morgan fingerprint density at radius 1 is 1.58 bits per heavy atom. The van der Waals surface area contributed by atoms with Gasteiger partial charge in [-0.25, -0.2) is 12.7 Å². The second-order valence-corrected chi connectivity index (χ2v) is 5.89. The minimum absolute atomic E-state index is 0.0786. The summed E-state index contributed by atoms with van der Waals surface area (Å²) in [6, 6.07) is 0. The molecule has 1 fully saturated rings. The Labute approximate surface area is 80.1 Å². The van der Waals surface area contributed by atoms with Gasteiger partial charge >= 0.3 is 0 Å². The van der Waals surface area contributed by atoms with Gasteiger partial charge in [-0.2, -0.15) is 0 Å². The first-order chi connectivity index (χ1) is 5.41. The predicted molar refractivity (Wildman–Crippen MR) is 48.8 cm³/mol. The van der Waals surface area contributed by atoms with Crippen LogP contribution in [0.4, 0.5) is 0 Å². The molecule has 6 heteroatoms. The summed E-state index contributed by atoms with van der Waals surface area (Å²) in [7, 11) is -3.13. The van der Waals surface area contributed by atoms with E-state index in [2.05, 4.69) is 15.9 Å². The number of alkyl halides is 1. The van der Waals surface area contributed by atoms with Crippen molar-refractivity contribution in [3.05, 3.63) is 0 Å². The van der Waals surface area contributed by atoms with E-state index >= 15 is 0 Å². The van der Waals surface area contributed by atoms with Crippen LogP contribution in [0.2, 0.25) is 0 Å². The largest absolute Gasteiger partial charge is 0.298 e. The van der Waals surface area contributed by atoms with E-state index in [1.165, 1.54) is 4.31 Å². The van der Waals surface area contributed by atoms with E-state index in [0.29, 0.717) is 13.0 Å². The molecule has 1 unspecified atom stereocenters. The van der Waals surface area contributed by atoms with Crippen molar-refractivity contribution in [1.82, 2.24) is 4.31 Å². The van der Waals surface area contributed by atoms with Crippen molar-refractivity contribution in [2.75, 3.05) is 19.3 Å². The van der Waals surface area contributed by atoms with Crippen LogP contribution in [0.25, 0.3) is 0 Å². The molecular formula is C6H10BrNO3S. The molecule has 0 bridgehead atoms. The predicted octanol–water partition coefficient (Wildman–Crippen LogP) is -0.0157. The van der Waals surface area contributed by atoms with Crippen LogP contribution >= 0.6 is 15.9 Å². The molecule has 1 heterocycles. The van der Waals surface area contributed by atoms with Crippen LogP contribution < -0.4 is 0 Å². The number of rotatable bonds is 1. The van der Waals surface area contributed by atoms with Crippen molar-refractivity contribution in [3.63, 3.8) is 0 Å². The van der Waals surface area contributed by atoms with Gasteiger partial charge in [-0.05, 0) is 0 Å². The highest BCUT2D eigenvalue weighted by Gasteiger charge is 2.29. The zero-order valence-corrected chi connectivity index (χ0v) is 9.06. The highest BCUT2D eigenvalue weighted by Crippen LogP contribution is 2.15. The summed E-state index contributed by atoms with van der Waals surface area (Å²) in [5, 5.41) is 0. The molecule has 1 atom stereocenters. The molecule has 0 saturated carbocycles. The topological polar surface area (TPSA) is 54.5 Å². The van der Waals surface area contributed by atoms with Gasteiger partial charge in [0.2, 0.25) is 10.0 Å². The Morgan fingerprint density at radius 2 is 2.17 bits per heavy atom. The zero-order chi connectivity index (χ0) is 9.35. The number of halogens is 1. The SMILES string of the molecule is CS(=O)(=O)N1CCC(=O)C(Br)C1. The van der Waals surface area contributed by atoms with Crippen LogP contribution in [-0.2, 0) is 14.8 Å². The molecule has 0 aromatic rings. The van der Waals surface area contributed by atoms with Crippen molar-refractivity contribution in [3.8, 4) is 0 Å². The Morgan fingerprint density at radius 3 is 2.58 bits per heavy atom. The zero-order valence-electron chi connectivity index (χ0n) is 6.66. The average Bonchev–Trinajstić information content (AvgIpc) is 1.92. The minimum atomic E-state index is -3.13. The van der Waals surface area contributed by atoms with Gasteiger partial charge in [0.25, 0.3) is 0 Å². The molecule has 0 aliphatic carbocycles. The molecule has 4 nitrogen and oxygen atoms in total. The minimum Gasteiger partial charge on any atom is -0.298 e. The third-order valence-corrected chi connectivity index (χ3v) is 3.86. The molecule has 0 radical (unpaired) electrons. The molecule has 12 heavy (non-hydrogen) atoms. The smallest absolute Gasteiger partial charge is 0.211 e. The standard InChI is InChI=1S/C6H10BrNO3S/c1-12(10,11)8-3-2-6(9)5(7)4-8/h5H,2-4H2,1H3. The molecule has 0 spiro atoms. The first-order valence-corrected chi connectivity index (χ1v) is 6.29. The van der Waals surface area contributed by atoms with E-state index in [1.54, 1.807) is 0 Å². The lowest BCUT2D eigenvalue weighted by Crippen LogP contribution is -2.44. The van der Waals surface area contributed by atoms with Gasteiger partial charge in [0.05, 0.1) is 11.1 Å². The first kappa shape index (κ1) is 10.1. The lowest BCUT2D eigenvalue weighted by Gasteiger charge is -2.26. The van der Waals surface area contributed by atoms with Crippen LogP contribution in [0.5, 0.6) is 0 Å². The number of piperidine rings is 1. The van der Waals surface area contributed by atoms with Crippen molar-refractivity contribution in [2.24, 2.45) is 0 Å². The molecule has 1 saturated heterocycles. The van der Waals surface area contributed by atoms with Gasteiger partial charge in [0.15, 0.2) is 0 Å². The molecule has 0 amide bonds. The number of hydrogen-bond donors (Lipinski definition) is 0. The van der Waals surface area contributed by atoms with Crippen molar-refractivity contribution in [2.45, 2.75) is 11.2 Å². The summed E-state index contributed by atoms with van der Waals surface area (Å²) in [5.41, 5.74) is 0. The van der Waals surface area contributed by atoms with Crippen LogP contribution in [0.3, 0.4) is 0 Å². The van der Waals surface area contributed by atoms with E-state index in [9.17, 15) is 13.2 Å². The number of carbonyl (C=O) groups excluding carboxylic acids is 1. The number of hydrogen-bond acceptors (Lipinski definition) is 3. The Hall–Kier alpha value is 0.0600. The first-order valence-electron chi connectivity index (χ1n) is 3.53. The number of sulfonamides is 1. The molecule has 70 valence electrons. The van der Waals surface area contributed by atoms with Gasteiger partial charge in [-0.15, -0.1) is 0 Å². The maximum atomic E-state index is 11.0. The maximum absolute atomic E-state index is 11.0. The van der Waals surface area contributed by atoms with Gasteiger partial charge in [0.1, 0.15) is 5.78 Å². The van der Waals surface area contributed by atoms with Gasteiger partial charge in [0, 0.05) is 19.5 Å². The van der Waals surface area contributed by atoms with Crippen molar-refractivity contribution >= 4 is 31.7 Å². The summed E-state index contributed by atoms with van der Waals surface area (Å²) in [4.78, 5) is 10.7. The normalized spacial score (nSPS) is 27.5. The monoisotopic (exact) mass is 255 g/mol. The maximum Gasteiger partial charge on any atom is 0.211 e. The van der Waals surface area contributed by atoms with E-state index in [1.807, 2.05) is 0 Å². The molecule has 0 aromatic heterocycles. The molecular weight excluding hydrogens is 246 g/mol. The number of ketones is 1. The fourth-order valence-electron chi connectivity index (χ4n) is 1.06. The molecule has 1 rings (SSSR count). The van der Waals surface area contributed by atoms with Gasteiger partial charge in [-0.3, -0.25) is 4.79 Å². The van der Waals surface area contributed by atoms with Gasteiger partial charge < -0.3 is 0 Å². The fourth-order valence-corrected chi connectivity index (χ4v) is 2.68. The summed E-state index contributed by atoms with van der Waals surface area (Å²) in [6.45, 7) is 0.581. The van der Waals surface area contributed by atoms with E-state index in [4.69, 9.17) is 0 Å². The highest BCUT2D eigenvalue weighted by molar-refractivity contribution is 9.10. The van der Waals surface area contributed by atoms with Crippen molar-refractivity contribution in [1.29, 1.82) is 0 Å². The van der Waals surface area contributed by atoms with E-state index in [0.717, 1.165) is 6.26 Å². The number of carbonyl (C=O) groups is 1. The molecule has 1 aliphatic rings. The average molecular weight is 256 g/mol. The Balaban J connectivity index is 2.70. The lowest BCUT2D eigenvalue weighted by molar-refractivity contribution is -0.119. The van der Waals surface area contributed by atoms with E-state index in [-0.39, 0.29) is 17.2 Å². The van der Waals surface area contributed by atoms with Crippen LogP contribution in [-0.4, -0.2) is 42.7 Å². The second kappa shape index (κ2) is 3.43. The van der Waals surface area contributed by atoms with Crippen molar-refractivity contribution < 1.29 is 13.2 Å². The Kier molecular flexibility index (Phi) is 2.90. The van der Waals surface area contributed by atoms with Crippen LogP contribution in [0.1, 0.15) is 6.42 Å². The number of nitrogens with zero attached hydrogens (tertiary/aromatic N) is 1. The summed E-state index contributed by atoms with van der Waals surface area (Å²) >= 11 is 3.13. The van der Waals surface area contributed by atoms with Crippen LogP contribution in [0, 0.1) is 0 Å². The highest BCUT2D eigenvalue weighted by atomic mass is 79.9. The summed E-state index contributed by atoms with van der Waals surface area (Å²) in [6.07, 6.45) is 1.46. The Bertz CT molecular complexity index is 287. The third kappa shape index (κ3) is 2.27. The quantitative estimate of drug-likeness (QED) is 0.620. The summed E-state index contributed by atoms with van der Waals surface area (Å²) in [5.74, 6) is 0.0786. The molecule has 1 aliphatic heterocycles. The summed E-state index contributed by atoms with van der Waals surface area (Å²) < 4.78 is 23.4. The lowest BCUT2D eigenvalue weighted by atomic mass is 10.1.